The van der Waals surface area contributed by atoms with Crippen LogP contribution in [0.1, 0.15) is 84.0 Å². The Morgan fingerprint density at radius 1 is 0.783 bits per heavy atom. The lowest BCUT2D eigenvalue weighted by atomic mass is 10.0. The predicted molar refractivity (Wildman–Crippen MR) is 94.2 cm³/mol. The predicted octanol–water partition coefficient (Wildman–Crippen LogP) is 5.28. The minimum Gasteiger partial charge on any atom is -0.305 e. The zero-order valence-corrected chi connectivity index (χ0v) is 14.5. The number of nitrogens with zero attached hydrogens (tertiary/aromatic N) is 4. The molecule has 0 fully saturated rings. The molecule has 0 aliphatic rings. The monoisotopic (exact) mass is 327 g/mol. The van der Waals surface area contributed by atoms with Gasteiger partial charge in [-0.25, -0.2) is 0 Å². The molecule has 2 N–H and O–H groups in total. The molecule has 0 rings (SSSR count). The number of hydrogen-bond acceptors (Lipinski definition) is 6. The molecule has 0 aromatic rings. The van der Waals surface area contributed by atoms with Gasteiger partial charge in [-0.05, 0) is 6.42 Å². The van der Waals surface area contributed by atoms with E-state index < -0.39 is 12.1 Å². The lowest BCUT2D eigenvalue weighted by molar-refractivity contribution is 0.455. The SMILES string of the molecule is CCCCCCCCCCCCCC(N=O)C(CN=O)N=NN. The highest BCUT2D eigenvalue weighted by Crippen LogP contribution is 2.16. The first-order valence-corrected chi connectivity index (χ1v) is 9.01. The molecule has 0 amide bonds. The Bertz CT molecular complexity index is 313. The Balaban J connectivity index is 3.60. The average molecular weight is 327 g/mol. The molecule has 0 aromatic carbocycles. The van der Waals surface area contributed by atoms with E-state index in [1.54, 1.807) is 0 Å². The summed E-state index contributed by atoms with van der Waals surface area (Å²) in [7, 11) is 0. The molecule has 134 valence electrons. The van der Waals surface area contributed by atoms with E-state index in [9.17, 15) is 9.81 Å². The molecule has 0 saturated carbocycles. The summed E-state index contributed by atoms with van der Waals surface area (Å²) >= 11 is 0. The number of nitrogens with two attached hydrogens (primary N) is 1. The topological polar surface area (TPSA) is 110 Å². The lowest BCUT2D eigenvalue weighted by Gasteiger charge is -2.13. The molecule has 7 nitrogen and oxygen atoms in total. The molecule has 23 heavy (non-hydrogen) atoms. The summed E-state index contributed by atoms with van der Waals surface area (Å²) in [5.74, 6) is 4.98. The van der Waals surface area contributed by atoms with Crippen molar-refractivity contribution in [1.82, 2.24) is 0 Å². The van der Waals surface area contributed by atoms with Crippen molar-refractivity contribution in [2.75, 3.05) is 6.54 Å². The Labute approximate surface area is 139 Å². The summed E-state index contributed by atoms with van der Waals surface area (Å²) in [5.41, 5.74) is 0. The first kappa shape index (κ1) is 21.6. The fourth-order valence-corrected chi connectivity index (χ4v) is 2.73. The van der Waals surface area contributed by atoms with Crippen LogP contribution in [0, 0.1) is 9.81 Å². The van der Waals surface area contributed by atoms with Gasteiger partial charge in [0.05, 0.1) is 0 Å². The van der Waals surface area contributed by atoms with Gasteiger partial charge in [-0.15, -0.1) is 0 Å². The van der Waals surface area contributed by atoms with Crippen LogP contribution in [-0.2, 0) is 0 Å². The fourth-order valence-electron chi connectivity index (χ4n) is 2.73. The van der Waals surface area contributed by atoms with Gasteiger partial charge in [0.1, 0.15) is 18.6 Å². The molecular formula is C16H33N5O2. The number of hydrogen-bond donors (Lipinski definition) is 1. The van der Waals surface area contributed by atoms with Crippen LogP contribution in [0.3, 0.4) is 0 Å². The van der Waals surface area contributed by atoms with E-state index in [2.05, 4.69) is 27.6 Å². The van der Waals surface area contributed by atoms with Gasteiger partial charge in [0.2, 0.25) is 0 Å². The Morgan fingerprint density at radius 3 is 1.74 bits per heavy atom. The number of unbranched alkanes of at least 4 members (excludes halogenated alkanes) is 10. The second kappa shape index (κ2) is 17.0. The molecule has 0 heterocycles. The second-order valence-corrected chi connectivity index (χ2v) is 6.11. The molecule has 0 aromatic heterocycles. The highest BCUT2D eigenvalue weighted by atomic mass is 16.3. The third-order valence-corrected chi connectivity index (χ3v) is 4.16. The fraction of sp³-hybridized carbons (Fsp3) is 1.00. The lowest BCUT2D eigenvalue weighted by Crippen LogP contribution is -2.25. The Hall–Kier alpha value is -1.40. The summed E-state index contributed by atoms with van der Waals surface area (Å²) in [5, 5.41) is 12.6. The van der Waals surface area contributed by atoms with Crippen molar-refractivity contribution < 1.29 is 0 Å². The molecule has 0 aliphatic heterocycles. The van der Waals surface area contributed by atoms with Gasteiger partial charge in [0.25, 0.3) is 0 Å². The summed E-state index contributed by atoms with van der Waals surface area (Å²) in [6.45, 7) is 2.14. The number of nitroso groups, excluding NO2 is 2. The molecule has 2 atom stereocenters. The van der Waals surface area contributed by atoms with Crippen molar-refractivity contribution in [2.24, 2.45) is 26.5 Å². The standard InChI is InChI=1S/C16H33N5O2/c1-2-3-4-5-6-7-8-9-10-11-12-13-15(20-23)16(14-18-22)19-21-17/h15-16H,2-14H2,1H3,(H2,17,19). The van der Waals surface area contributed by atoms with E-state index in [-0.39, 0.29) is 6.54 Å². The largest absolute Gasteiger partial charge is 0.305 e. The van der Waals surface area contributed by atoms with Crippen molar-refractivity contribution in [1.29, 1.82) is 0 Å². The maximum absolute atomic E-state index is 10.9. The van der Waals surface area contributed by atoms with Crippen molar-refractivity contribution >= 4 is 0 Å². The zero-order valence-electron chi connectivity index (χ0n) is 14.5. The molecule has 0 bridgehead atoms. The van der Waals surface area contributed by atoms with Crippen molar-refractivity contribution in [3.8, 4) is 0 Å². The van der Waals surface area contributed by atoms with Gasteiger partial charge in [-0.1, -0.05) is 93.1 Å². The molecule has 0 aliphatic carbocycles. The van der Waals surface area contributed by atoms with E-state index >= 15 is 0 Å². The van der Waals surface area contributed by atoms with Crippen LogP contribution in [0.4, 0.5) is 0 Å². The second-order valence-electron chi connectivity index (χ2n) is 6.11. The summed E-state index contributed by atoms with van der Waals surface area (Å²) in [4.78, 5) is 21.2. The Kier molecular flexibility index (Phi) is 15.9. The van der Waals surface area contributed by atoms with Gasteiger partial charge < -0.3 is 5.84 Å². The van der Waals surface area contributed by atoms with Gasteiger partial charge >= 0.3 is 0 Å². The van der Waals surface area contributed by atoms with Crippen LogP contribution in [0.2, 0.25) is 0 Å². The van der Waals surface area contributed by atoms with E-state index in [0.29, 0.717) is 6.42 Å². The van der Waals surface area contributed by atoms with E-state index in [0.717, 1.165) is 12.8 Å². The minimum atomic E-state index is -0.613. The number of rotatable bonds is 17. The van der Waals surface area contributed by atoms with E-state index in [4.69, 9.17) is 5.84 Å². The molecule has 7 heteroatoms. The maximum atomic E-state index is 10.9. The first-order chi connectivity index (χ1) is 11.3. The van der Waals surface area contributed by atoms with Gasteiger partial charge in [0, 0.05) is 0 Å². The van der Waals surface area contributed by atoms with Gasteiger partial charge in [-0.3, -0.25) is 0 Å². The van der Waals surface area contributed by atoms with Crippen molar-refractivity contribution in [3.05, 3.63) is 9.81 Å². The Morgan fingerprint density at radius 2 is 1.30 bits per heavy atom. The summed E-state index contributed by atoms with van der Waals surface area (Å²) in [6.07, 6.45) is 14.4. The van der Waals surface area contributed by atoms with Crippen molar-refractivity contribution in [2.45, 2.75) is 96.1 Å². The van der Waals surface area contributed by atoms with Crippen LogP contribution >= 0.6 is 0 Å². The zero-order chi connectivity index (χ0) is 17.2. The smallest absolute Gasteiger partial charge is 0.122 e. The van der Waals surface area contributed by atoms with Gasteiger partial charge in [0.15, 0.2) is 0 Å². The quantitative estimate of drug-likeness (QED) is 0.129. The van der Waals surface area contributed by atoms with Crippen molar-refractivity contribution in [3.63, 3.8) is 0 Å². The van der Waals surface area contributed by atoms with Crippen LogP contribution in [0.15, 0.2) is 20.7 Å². The third-order valence-electron chi connectivity index (χ3n) is 4.16. The summed E-state index contributed by atoms with van der Waals surface area (Å²) in [6, 6.07) is -1.17. The van der Waals surface area contributed by atoms with E-state index in [1.165, 1.54) is 57.8 Å². The molecule has 0 saturated heterocycles. The third kappa shape index (κ3) is 12.8. The highest BCUT2D eigenvalue weighted by Gasteiger charge is 2.22. The van der Waals surface area contributed by atoms with Gasteiger partial charge in [-0.2, -0.15) is 14.9 Å². The molecule has 2 unspecified atom stereocenters. The highest BCUT2D eigenvalue weighted by molar-refractivity contribution is 4.82. The van der Waals surface area contributed by atoms with Crippen LogP contribution in [0.5, 0.6) is 0 Å². The molecule has 0 spiro atoms. The first-order valence-electron chi connectivity index (χ1n) is 9.01. The van der Waals surface area contributed by atoms with Crippen LogP contribution in [0.25, 0.3) is 0 Å². The molecule has 0 radical (unpaired) electrons. The van der Waals surface area contributed by atoms with Crippen LogP contribution < -0.4 is 5.84 Å². The maximum Gasteiger partial charge on any atom is 0.122 e. The van der Waals surface area contributed by atoms with Crippen LogP contribution in [-0.4, -0.2) is 18.6 Å². The van der Waals surface area contributed by atoms with E-state index in [1.807, 2.05) is 0 Å². The minimum absolute atomic E-state index is 0.102. The summed E-state index contributed by atoms with van der Waals surface area (Å²) < 4.78 is 0. The molecular weight excluding hydrogens is 294 g/mol. The normalized spacial score (nSPS) is 14.0. The average Bonchev–Trinajstić information content (AvgIpc) is 2.56.